The van der Waals surface area contributed by atoms with E-state index in [1.165, 1.54) is 4.31 Å². The Bertz CT molecular complexity index is 1250. The van der Waals surface area contributed by atoms with Crippen molar-refractivity contribution in [1.29, 1.82) is 0 Å². The number of rotatable bonds is 7. The van der Waals surface area contributed by atoms with E-state index in [1.807, 2.05) is 49.4 Å². The van der Waals surface area contributed by atoms with E-state index in [2.05, 4.69) is 42.7 Å². The highest BCUT2D eigenvalue weighted by atomic mass is 32.2. The van der Waals surface area contributed by atoms with Crippen LogP contribution in [0.5, 0.6) is 0 Å². The molecule has 1 aliphatic carbocycles. The molecule has 0 N–H and O–H groups in total. The summed E-state index contributed by atoms with van der Waals surface area (Å²) in [5.74, 6) is -0.0583. The lowest BCUT2D eigenvalue weighted by Gasteiger charge is -2.26. The van der Waals surface area contributed by atoms with Crippen LogP contribution < -0.4 is 0 Å². The monoisotopic (exact) mass is 427 g/mol. The zero-order valence-corrected chi connectivity index (χ0v) is 18.3. The summed E-state index contributed by atoms with van der Waals surface area (Å²) >= 11 is 0. The average Bonchev–Trinajstić information content (AvgIpc) is 3.16. The molecule has 1 atom stereocenters. The lowest BCUT2D eigenvalue weighted by Crippen LogP contribution is -2.35. The Morgan fingerprint density at radius 3 is 2.35 bits per heavy atom. The van der Waals surface area contributed by atoms with E-state index in [-0.39, 0.29) is 12.5 Å². The van der Waals surface area contributed by atoms with E-state index < -0.39 is 10.0 Å². The maximum atomic E-state index is 13.5. The van der Waals surface area contributed by atoms with Crippen LogP contribution in [0.1, 0.15) is 28.2 Å². The molecule has 3 nitrogen and oxygen atoms in total. The van der Waals surface area contributed by atoms with Crippen LogP contribution in [0.4, 0.5) is 0 Å². The second kappa shape index (κ2) is 8.91. The van der Waals surface area contributed by atoms with Gasteiger partial charge in [-0.05, 0) is 47.4 Å². The molecule has 3 aromatic carbocycles. The number of hydrogen-bond acceptors (Lipinski definition) is 2. The van der Waals surface area contributed by atoms with Gasteiger partial charge in [0, 0.05) is 19.0 Å². The maximum Gasteiger partial charge on any atom is 0.243 e. The fourth-order valence-corrected chi connectivity index (χ4v) is 5.40. The first kappa shape index (κ1) is 21.1. The Morgan fingerprint density at radius 2 is 1.65 bits per heavy atom. The molecule has 0 heterocycles. The standard InChI is InChI=1S/C27H25NO2S/c1-3-4-18-28(31(29,30)24-16-14-21(2)15-17-24)20-27-25-13-9-8-12-23(25)19-26(27)22-10-6-5-7-11-22/h4-17,19,27H,1,18,20H2,2H3. The van der Waals surface area contributed by atoms with Gasteiger partial charge in [0.05, 0.1) is 4.90 Å². The minimum absolute atomic E-state index is 0.0583. The van der Waals surface area contributed by atoms with Gasteiger partial charge in [-0.2, -0.15) is 4.31 Å². The molecule has 0 fully saturated rings. The Morgan fingerprint density at radius 1 is 0.968 bits per heavy atom. The Hall–Kier alpha value is -3.17. The molecular formula is C27H25NO2S. The summed E-state index contributed by atoms with van der Waals surface area (Å²) in [4.78, 5) is 0.298. The fraction of sp³-hybridized carbons (Fsp3) is 0.148. The van der Waals surface area contributed by atoms with Gasteiger partial charge in [0.25, 0.3) is 0 Å². The molecule has 0 radical (unpaired) electrons. The van der Waals surface area contributed by atoms with Crippen LogP contribution in [-0.4, -0.2) is 25.8 Å². The van der Waals surface area contributed by atoms with Crippen LogP contribution in [0.15, 0.2) is 102 Å². The topological polar surface area (TPSA) is 37.4 Å². The van der Waals surface area contributed by atoms with E-state index in [9.17, 15) is 8.42 Å². The first-order valence-corrected chi connectivity index (χ1v) is 11.7. The smallest absolute Gasteiger partial charge is 0.207 e. The lowest BCUT2D eigenvalue weighted by molar-refractivity contribution is 0.435. The van der Waals surface area contributed by atoms with E-state index >= 15 is 0 Å². The average molecular weight is 428 g/mol. The zero-order chi connectivity index (χ0) is 21.8. The van der Waals surface area contributed by atoms with Crippen LogP contribution in [0.2, 0.25) is 0 Å². The van der Waals surface area contributed by atoms with E-state index in [0.29, 0.717) is 11.4 Å². The SMILES string of the molecule is C=C=CCN(CC1C(c2ccccc2)=Cc2ccccc21)S(=O)(=O)c1ccc(C)cc1. The van der Waals surface area contributed by atoms with E-state index in [4.69, 9.17) is 0 Å². The van der Waals surface area contributed by atoms with Crippen molar-refractivity contribution >= 4 is 21.7 Å². The molecule has 31 heavy (non-hydrogen) atoms. The number of sulfonamides is 1. The second-order valence-electron chi connectivity index (χ2n) is 7.69. The van der Waals surface area contributed by atoms with Crippen molar-refractivity contribution in [1.82, 2.24) is 4.31 Å². The Balaban J connectivity index is 1.75. The zero-order valence-electron chi connectivity index (χ0n) is 17.5. The van der Waals surface area contributed by atoms with Crippen molar-refractivity contribution < 1.29 is 8.42 Å². The molecule has 0 bridgehead atoms. The third-order valence-electron chi connectivity index (χ3n) is 5.65. The molecule has 4 rings (SSSR count). The van der Waals surface area contributed by atoms with Crippen LogP contribution in [0.25, 0.3) is 11.6 Å². The van der Waals surface area contributed by atoms with Crippen molar-refractivity contribution in [2.24, 2.45) is 0 Å². The largest absolute Gasteiger partial charge is 0.243 e. The quantitative estimate of drug-likeness (QED) is 0.456. The van der Waals surface area contributed by atoms with Gasteiger partial charge in [0.2, 0.25) is 10.0 Å². The second-order valence-corrected chi connectivity index (χ2v) is 9.63. The highest BCUT2D eigenvalue weighted by Crippen LogP contribution is 2.42. The van der Waals surface area contributed by atoms with Gasteiger partial charge >= 0.3 is 0 Å². The molecule has 0 aromatic heterocycles. The number of hydrogen-bond donors (Lipinski definition) is 0. The third-order valence-corrected chi connectivity index (χ3v) is 7.50. The molecule has 4 heteroatoms. The highest BCUT2D eigenvalue weighted by molar-refractivity contribution is 7.89. The summed E-state index contributed by atoms with van der Waals surface area (Å²) < 4.78 is 28.6. The minimum atomic E-state index is -3.68. The van der Waals surface area contributed by atoms with E-state index in [0.717, 1.165) is 27.8 Å². The first-order chi connectivity index (χ1) is 15.0. The van der Waals surface area contributed by atoms with Crippen molar-refractivity contribution in [3.8, 4) is 0 Å². The van der Waals surface area contributed by atoms with Crippen molar-refractivity contribution in [2.45, 2.75) is 17.7 Å². The summed E-state index contributed by atoms with van der Waals surface area (Å²) in [5.41, 5.74) is 8.27. The first-order valence-electron chi connectivity index (χ1n) is 10.3. The van der Waals surface area contributed by atoms with Crippen LogP contribution in [0.3, 0.4) is 0 Å². The highest BCUT2D eigenvalue weighted by Gasteiger charge is 2.32. The molecule has 1 unspecified atom stereocenters. The van der Waals surface area contributed by atoms with Crippen LogP contribution in [0, 0.1) is 6.92 Å². The molecule has 0 saturated carbocycles. The molecule has 3 aromatic rings. The Kier molecular flexibility index (Phi) is 6.06. The van der Waals surface area contributed by atoms with Crippen LogP contribution in [-0.2, 0) is 10.0 Å². The van der Waals surface area contributed by atoms with Gasteiger partial charge in [0.1, 0.15) is 0 Å². The summed E-state index contributed by atoms with van der Waals surface area (Å²) in [5, 5.41) is 0. The van der Waals surface area contributed by atoms with Crippen LogP contribution >= 0.6 is 0 Å². The molecule has 1 aliphatic rings. The summed E-state index contributed by atoms with van der Waals surface area (Å²) in [6.45, 7) is 6.12. The minimum Gasteiger partial charge on any atom is -0.207 e. The maximum absolute atomic E-state index is 13.5. The number of fused-ring (bicyclic) bond motifs is 1. The van der Waals surface area contributed by atoms with Crippen molar-refractivity contribution in [3.63, 3.8) is 0 Å². The molecule has 0 amide bonds. The molecule has 0 aliphatic heterocycles. The number of aryl methyl sites for hydroxylation is 1. The fourth-order valence-electron chi connectivity index (χ4n) is 4.01. The molecule has 0 saturated heterocycles. The van der Waals surface area contributed by atoms with Gasteiger partial charge < -0.3 is 0 Å². The molecule has 156 valence electrons. The lowest BCUT2D eigenvalue weighted by atomic mass is 9.91. The number of benzene rings is 3. The summed E-state index contributed by atoms with van der Waals surface area (Å²) in [6.07, 6.45) is 3.84. The van der Waals surface area contributed by atoms with Crippen molar-refractivity contribution in [3.05, 3.63) is 120 Å². The normalized spacial score (nSPS) is 15.3. The van der Waals surface area contributed by atoms with E-state index in [1.54, 1.807) is 18.2 Å². The third kappa shape index (κ3) is 4.33. The summed E-state index contributed by atoms with van der Waals surface area (Å²) in [6, 6.07) is 25.4. The van der Waals surface area contributed by atoms with Gasteiger partial charge in [0.15, 0.2) is 0 Å². The predicted octanol–water partition coefficient (Wildman–Crippen LogP) is 5.66. The van der Waals surface area contributed by atoms with Gasteiger partial charge in [-0.3, -0.25) is 0 Å². The van der Waals surface area contributed by atoms with Crippen molar-refractivity contribution in [2.75, 3.05) is 13.1 Å². The van der Waals surface area contributed by atoms with Gasteiger partial charge in [-0.25, -0.2) is 8.42 Å². The summed E-state index contributed by atoms with van der Waals surface area (Å²) in [7, 11) is -3.68. The van der Waals surface area contributed by atoms with Gasteiger partial charge in [-0.15, -0.1) is 5.73 Å². The van der Waals surface area contributed by atoms with Gasteiger partial charge in [-0.1, -0.05) is 84.9 Å². The predicted molar refractivity (Wildman–Crippen MR) is 127 cm³/mol. The number of nitrogens with zero attached hydrogens (tertiary/aromatic N) is 1. The molecule has 0 spiro atoms. The molecular weight excluding hydrogens is 402 g/mol. The Labute approximate surface area is 184 Å².